The first-order valence-electron chi connectivity index (χ1n) is 9.15. The second-order valence-electron chi connectivity index (χ2n) is 6.06. The molecule has 150 valence electrons. The number of carbonyl (C=O) groups excluding carboxylic acids is 2. The molecule has 0 radical (unpaired) electrons. The number of amides is 2. The van der Waals surface area contributed by atoms with Crippen molar-refractivity contribution in [1.29, 1.82) is 5.26 Å². The molecular weight excluding hydrogens is 370 g/mol. The standard InChI is InChI=1S/C22H23N3O4/c1-2-28-20-13-17(8-9-19(20)29-15-21(24)26)12-18(14-23)22(27)25-11-10-16-6-4-3-5-7-16/h3-9,12-13H,2,10-11,15H2,1H3,(H2,24,26)(H,25,27). The average Bonchev–Trinajstić information content (AvgIpc) is 2.72. The Hall–Kier alpha value is -3.79. The molecule has 0 aliphatic rings. The molecule has 0 aliphatic carbocycles. The first-order chi connectivity index (χ1) is 14.0. The minimum absolute atomic E-state index is 0.0219. The molecule has 0 bridgehead atoms. The van der Waals surface area contributed by atoms with Crippen molar-refractivity contribution in [2.45, 2.75) is 13.3 Å². The highest BCUT2D eigenvalue weighted by Crippen LogP contribution is 2.29. The van der Waals surface area contributed by atoms with Crippen LogP contribution in [0.4, 0.5) is 0 Å². The van der Waals surface area contributed by atoms with Gasteiger partial charge in [0.05, 0.1) is 6.61 Å². The van der Waals surface area contributed by atoms with E-state index in [0.29, 0.717) is 36.6 Å². The first-order valence-corrected chi connectivity index (χ1v) is 9.15. The fourth-order valence-electron chi connectivity index (χ4n) is 2.53. The van der Waals surface area contributed by atoms with E-state index in [1.165, 1.54) is 6.08 Å². The Morgan fingerprint density at radius 1 is 1.14 bits per heavy atom. The number of benzene rings is 2. The molecule has 0 saturated carbocycles. The van der Waals surface area contributed by atoms with Gasteiger partial charge < -0.3 is 20.5 Å². The lowest BCUT2D eigenvalue weighted by molar-refractivity contribution is -0.120. The fourth-order valence-corrected chi connectivity index (χ4v) is 2.53. The lowest BCUT2D eigenvalue weighted by atomic mass is 10.1. The van der Waals surface area contributed by atoms with Gasteiger partial charge in [-0.1, -0.05) is 36.4 Å². The maximum Gasteiger partial charge on any atom is 0.261 e. The maximum atomic E-state index is 12.3. The topological polar surface area (TPSA) is 114 Å². The number of carbonyl (C=O) groups is 2. The van der Waals surface area contributed by atoms with E-state index in [1.54, 1.807) is 25.1 Å². The molecule has 7 nitrogen and oxygen atoms in total. The van der Waals surface area contributed by atoms with Crippen molar-refractivity contribution in [2.75, 3.05) is 19.8 Å². The second-order valence-corrected chi connectivity index (χ2v) is 6.06. The van der Waals surface area contributed by atoms with E-state index < -0.39 is 11.8 Å². The van der Waals surface area contributed by atoms with Crippen molar-refractivity contribution in [2.24, 2.45) is 5.73 Å². The number of nitrogens with zero attached hydrogens (tertiary/aromatic N) is 1. The zero-order valence-electron chi connectivity index (χ0n) is 16.2. The van der Waals surface area contributed by atoms with Crippen LogP contribution < -0.4 is 20.5 Å². The molecule has 0 spiro atoms. The van der Waals surface area contributed by atoms with Crippen molar-refractivity contribution >= 4 is 17.9 Å². The molecule has 0 atom stereocenters. The molecule has 0 aromatic heterocycles. The van der Waals surface area contributed by atoms with Crippen LogP contribution in [0.15, 0.2) is 54.1 Å². The Kier molecular flexibility index (Phi) is 8.27. The van der Waals surface area contributed by atoms with Gasteiger partial charge in [0.2, 0.25) is 0 Å². The third kappa shape index (κ3) is 7.03. The van der Waals surface area contributed by atoms with Crippen molar-refractivity contribution in [3.05, 3.63) is 65.2 Å². The highest BCUT2D eigenvalue weighted by atomic mass is 16.5. The van der Waals surface area contributed by atoms with Gasteiger partial charge in [0, 0.05) is 6.54 Å². The van der Waals surface area contributed by atoms with Gasteiger partial charge in [0.15, 0.2) is 18.1 Å². The van der Waals surface area contributed by atoms with Crippen LogP contribution in [0.1, 0.15) is 18.1 Å². The molecule has 0 fully saturated rings. The summed E-state index contributed by atoms with van der Waals surface area (Å²) < 4.78 is 10.8. The number of nitrogens with two attached hydrogens (primary N) is 1. The quantitative estimate of drug-likeness (QED) is 0.474. The van der Waals surface area contributed by atoms with Gasteiger partial charge in [-0.25, -0.2) is 0 Å². The summed E-state index contributed by atoms with van der Waals surface area (Å²) >= 11 is 0. The Bertz CT molecular complexity index is 917. The summed E-state index contributed by atoms with van der Waals surface area (Å²) in [5, 5.41) is 12.1. The summed E-state index contributed by atoms with van der Waals surface area (Å²) in [7, 11) is 0. The molecule has 2 amide bonds. The van der Waals surface area contributed by atoms with Crippen LogP contribution in [-0.2, 0) is 16.0 Å². The zero-order valence-corrected chi connectivity index (χ0v) is 16.2. The smallest absolute Gasteiger partial charge is 0.261 e. The number of primary amides is 1. The van der Waals surface area contributed by atoms with E-state index in [0.717, 1.165) is 5.56 Å². The Labute approximate surface area is 169 Å². The minimum Gasteiger partial charge on any atom is -0.490 e. The molecule has 0 heterocycles. The highest BCUT2D eigenvalue weighted by molar-refractivity contribution is 6.01. The van der Waals surface area contributed by atoms with Gasteiger partial charge in [-0.15, -0.1) is 0 Å². The molecule has 7 heteroatoms. The summed E-state index contributed by atoms with van der Waals surface area (Å²) in [6.07, 6.45) is 2.14. The van der Waals surface area contributed by atoms with Crippen molar-refractivity contribution < 1.29 is 19.1 Å². The van der Waals surface area contributed by atoms with Gasteiger partial charge in [0.1, 0.15) is 11.6 Å². The highest BCUT2D eigenvalue weighted by Gasteiger charge is 2.11. The molecule has 0 aliphatic heterocycles. The van der Waals surface area contributed by atoms with Crippen LogP contribution in [-0.4, -0.2) is 31.6 Å². The van der Waals surface area contributed by atoms with E-state index in [9.17, 15) is 14.9 Å². The fraction of sp³-hybridized carbons (Fsp3) is 0.227. The van der Waals surface area contributed by atoms with Gasteiger partial charge >= 0.3 is 0 Å². The average molecular weight is 393 g/mol. The summed E-state index contributed by atoms with van der Waals surface area (Å²) in [4.78, 5) is 23.2. The Morgan fingerprint density at radius 3 is 2.55 bits per heavy atom. The summed E-state index contributed by atoms with van der Waals surface area (Å²) in [6, 6.07) is 16.6. The Morgan fingerprint density at radius 2 is 1.90 bits per heavy atom. The number of nitriles is 1. The van der Waals surface area contributed by atoms with Gasteiger partial charge in [-0.2, -0.15) is 5.26 Å². The lowest BCUT2D eigenvalue weighted by Crippen LogP contribution is -2.26. The Balaban J connectivity index is 2.07. The van der Waals surface area contributed by atoms with Crippen molar-refractivity contribution in [3.8, 4) is 17.6 Å². The van der Waals surface area contributed by atoms with E-state index in [2.05, 4.69) is 5.32 Å². The third-order valence-electron chi connectivity index (χ3n) is 3.86. The normalized spacial score (nSPS) is 10.7. The van der Waals surface area contributed by atoms with Gasteiger partial charge in [-0.05, 0) is 42.7 Å². The number of rotatable bonds is 10. The van der Waals surface area contributed by atoms with Gasteiger partial charge in [-0.3, -0.25) is 9.59 Å². The van der Waals surface area contributed by atoms with E-state index in [-0.39, 0.29) is 12.2 Å². The molecule has 0 unspecified atom stereocenters. The monoisotopic (exact) mass is 393 g/mol. The van der Waals surface area contributed by atoms with E-state index in [1.807, 2.05) is 36.4 Å². The summed E-state index contributed by atoms with van der Waals surface area (Å²) in [5.74, 6) is -0.302. The largest absolute Gasteiger partial charge is 0.490 e. The van der Waals surface area contributed by atoms with E-state index in [4.69, 9.17) is 15.2 Å². The molecule has 2 aromatic rings. The minimum atomic E-state index is -0.602. The van der Waals surface area contributed by atoms with E-state index >= 15 is 0 Å². The van der Waals surface area contributed by atoms with Crippen molar-refractivity contribution in [1.82, 2.24) is 5.32 Å². The van der Waals surface area contributed by atoms with Crippen LogP contribution in [0, 0.1) is 11.3 Å². The number of hydrogen-bond donors (Lipinski definition) is 2. The predicted molar refractivity (Wildman–Crippen MR) is 109 cm³/mol. The second kappa shape index (κ2) is 11.1. The molecule has 29 heavy (non-hydrogen) atoms. The number of hydrogen-bond acceptors (Lipinski definition) is 5. The SMILES string of the molecule is CCOc1cc(C=C(C#N)C(=O)NCCc2ccccc2)ccc1OCC(N)=O. The summed E-state index contributed by atoms with van der Waals surface area (Å²) in [5.41, 5.74) is 6.76. The lowest BCUT2D eigenvalue weighted by Gasteiger charge is -2.11. The van der Waals surface area contributed by atoms with Crippen LogP contribution in [0.3, 0.4) is 0 Å². The van der Waals surface area contributed by atoms with Crippen LogP contribution in [0.5, 0.6) is 11.5 Å². The molecular formula is C22H23N3O4. The first kappa shape index (κ1) is 21.5. The van der Waals surface area contributed by atoms with Crippen molar-refractivity contribution in [3.63, 3.8) is 0 Å². The number of nitrogens with one attached hydrogen (secondary N) is 1. The summed E-state index contributed by atoms with van der Waals surface area (Å²) in [6.45, 7) is 2.33. The molecule has 2 aromatic carbocycles. The van der Waals surface area contributed by atoms with Crippen LogP contribution in [0.25, 0.3) is 6.08 Å². The van der Waals surface area contributed by atoms with Crippen LogP contribution in [0.2, 0.25) is 0 Å². The van der Waals surface area contributed by atoms with Crippen LogP contribution >= 0.6 is 0 Å². The zero-order chi connectivity index (χ0) is 21.1. The maximum absolute atomic E-state index is 12.3. The molecule has 2 rings (SSSR count). The number of ether oxygens (including phenoxy) is 2. The molecule has 0 saturated heterocycles. The van der Waals surface area contributed by atoms with Gasteiger partial charge in [0.25, 0.3) is 11.8 Å². The third-order valence-corrected chi connectivity index (χ3v) is 3.86. The molecule has 3 N–H and O–H groups in total. The predicted octanol–water partition coefficient (Wildman–Crippen LogP) is 2.22.